The summed E-state index contributed by atoms with van der Waals surface area (Å²) in [4.78, 5) is 10.7. The molecule has 0 fully saturated rings. The molecule has 3 heterocycles. The van der Waals surface area contributed by atoms with Crippen molar-refractivity contribution < 1.29 is 4.42 Å². The van der Waals surface area contributed by atoms with E-state index < -0.39 is 0 Å². The highest BCUT2D eigenvalue weighted by Gasteiger charge is 2.31. The molecule has 0 amide bonds. The summed E-state index contributed by atoms with van der Waals surface area (Å²) in [6, 6.07) is 13.1. The number of furan rings is 1. The minimum Gasteiger partial charge on any atom is -0.459 e. The monoisotopic (exact) mass is 331 g/mol. The lowest BCUT2D eigenvalue weighted by atomic mass is 9.96. The predicted octanol–water partition coefficient (Wildman–Crippen LogP) is 4.66. The molecule has 4 nitrogen and oxygen atoms in total. The highest BCUT2D eigenvalue weighted by molar-refractivity contribution is 5.83. The Hall–Kier alpha value is -2.59. The first-order valence-corrected chi connectivity index (χ1v) is 8.76. The number of H-pyrrole nitrogens is 1. The molecular formula is C21H21N3O. The SMILES string of the molecule is Cc1ccc2nc([C@H]3Cc4c(oc5cc(C)ccc45)CN3C)[nH]c2c1. The third kappa shape index (κ3) is 2.29. The van der Waals surface area contributed by atoms with Gasteiger partial charge in [0, 0.05) is 10.9 Å². The first-order valence-electron chi connectivity index (χ1n) is 8.76. The number of likely N-dealkylation sites (N-methyl/N-ethyl adjacent to an activating group) is 1. The van der Waals surface area contributed by atoms with Crippen molar-refractivity contribution in [2.45, 2.75) is 32.9 Å². The van der Waals surface area contributed by atoms with Gasteiger partial charge in [0.2, 0.25) is 0 Å². The zero-order valence-corrected chi connectivity index (χ0v) is 14.8. The van der Waals surface area contributed by atoms with Crippen molar-refractivity contribution in [2.75, 3.05) is 7.05 Å². The van der Waals surface area contributed by atoms with Gasteiger partial charge < -0.3 is 9.40 Å². The maximum Gasteiger partial charge on any atom is 0.134 e. The van der Waals surface area contributed by atoms with Crippen molar-refractivity contribution in [3.8, 4) is 0 Å². The van der Waals surface area contributed by atoms with Crippen molar-refractivity contribution in [2.24, 2.45) is 0 Å². The quantitative estimate of drug-likeness (QED) is 0.552. The van der Waals surface area contributed by atoms with Crippen molar-refractivity contribution in [3.05, 3.63) is 64.7 Å². The van der Waals surface area contributed by atoms with Crippen LogP contribution in [0.4, 0.5) is 0 Å². The fourth-order valence-corrected chi connectivity index (χ4v) is 3.95. The van der Waals surface area contributed by atoms with Gasteiger partial charge in [0.1, 0.15) is 17.2 Å². The van der Waals surface area contributed by atoms with Crippen LogP contribution in [0.2, 0.25) is 0 Å². The molecule has 0 saturated heterocycles. The molecule has 126 valence electrons. The van der Waals surface area contributed by atoms with Gasteiger partial charge in [-0.15, -0.1) is 0 Å². The van der Waals surface area contributed by atoms with Gasteiger partial charge in [-0.2, -0.15) is 0 Å². The number of nitrogens with zero attached hydrogens (tertiary/aromatic N) is 2. The summed E-state index contributed by atoms with van der Waals surface area (Å²) < 4.78 is 6.13. The second-order valence-corrected chi connectivity index (χ2v) is 7.28. The summed E-state index contributed by atoms with van der Waals surface area (Å²) in [5, 5.41) is 1.24. The van der Waals surface area contributed by atoms with Gasteiger partial charge >= 0.3 is 0 Å². The summed E-state index contributed by atoms with van der Waals surface area (Å²) in [7, 11) is 2.14. The molecule has 1 N–H and O–H groups in total. The number of benzene rings is 2. The van der Waals surface area contributed by atoms with E-state index >= 15 is 0 Å². The lowest BCUT2D eigenvalue weighted by molar-refractivity contribution is 0.192. The Labute approximate surface area is 146 Å². The van der Waals surface area contributed by atoms with Crippen LogP contribution in [0.25, 0.3) is 22.0 Å². The minimum atomic E-state index is 0.238. The topological polar surface area (TPSA) is 45.1 Å². The summed E-state index contributed by atoms with van der Waals surface area (Å²) in [6.45, 7) is 5.02. The van der Waals surface area contributed by atoms with Crippen LogP contribution in [-0.2, 0) is 13.0 Å². The second kappa shape index (κ2) is 5.20. The molecule has 0 unspecified atom stereocenters. The van der Waals surface area contributed by atoms with E-state index in [2.05, 4.69) is 67.2 Å². The number of hydrogen-bond acceptors (Lipinski definition) is 3. The number of hydrogen-bond donors (Lipinski definition) is 1. The molecule has 0 radical (unpaired) electrons. The summed E-state index contributed by atoms with van der Waals surface area (Å²) in [5.41, 5.74) is 6.96. The Kier molecular flexibility index (Phi) is 3.06. The maximum absolute atomic E-state index is 6.13. The fourth-order valence-electron chi connectivity index (χ4n) is 3.95. The number of aromatic amines is 1. The zero-order valence-electron chi connectivity index (χ0n) is 14.8. The van der Waals surface area contributed by atoms with Crippen molar-refractivity contribution in [1.82, 2.24) is 14.9 Å². The predicted molar refractivity (Wildman–Crippen MR) is 99.7 cm³/mol. The first kappa shape index (κ1) is 14.7. The van der Waals surface area contributed by atoms with Crippen molar-refractivity contribution in [1.29, 1.82) is 0 Å². The van der Waals surface area contributed by atoms with Crippen molar-refractivity contribution >= 4 is 22.0 Å². The van der Waals surface area contributed by atoms with Crippen LogP contribution >= 0.6 is 0 Å². The number of fused-ring (bicyclic) bond motifs is 4. The van der Waals surface area contributed by atoms with E-state index in [1.165, 1.54) is 22.1 Å². The molecule has 4 heteroatoms. The molecule has 2 aromatic carbocycles. The van der Waals surface area contributed by atoms with Crippen LogP contribution in [0.5, 0.6) is 0 Å². The largest absolute Gasteiger partial charge is 0.459 e. The van der Waals surface area contributed by atoms with Gasteiger partial charge in [-0.1, -0.05) is 18.2 Å². The lowest BCUT2D eigenvalue weighted by Crippen LogP contribution is -2.31. The van der Waals surface area contributed by atoms with Crippen LogP contribution in [0.3, 0.4) is 0 Å². The van der Waals surface area contributed by atoms with E-state index in [4.69, 9.17) is 9.40 Å². The molecule has 0 aliphatic carbocycles. The van der Waals surface area contributed by atoms with Gasteiger partial charge in [-0.05, 0) is 56.6 Å². The summed E-state index contributed by atoms with van der Waals surface area (Å²) in [5.74, 6) is 2.13. The van der Waals surface area contributed by atoms with Crippen LogP contribution in [0.15, 0.2) is 40.8 Å². The Morgan fingerprint density at radius 1 is 1.12 bits per heavy atom. The molecule has 1 aliphatic heterocycles. The van der Waals surface area contributed by atoms with Gasteiger partial charge in [-0.25, -0.2) is 4.98 Å². The highest BCUT2D eigenvalue weighted by atomic mass is 16.3. The van der Waals surface area contributed by atoms with Crippen LogP contribution in [0.1, 0.15) is 34.3 Å². The van der Waals surface area contributed by atoms with Crippen LogP contribution in [-0.4, -0.2) is 21.9 Å². The maximum atomic E-state index is 6.13. The standard InChI is InChI=1S/C21H21N3O/c1-12-5-7-16-17(8-12)23-21(22-16)18-10-15-14-6-4-13(2)9-19(14)25-20(15)11-24(18)3/h4-9,18H,10-11H2,1-3H3,(H,22,23)/t18-/m1/s1. The Bertz CT molecular complexity index is 1110. The molecule has 1 aliphatic rings. The third-order valence-electron chi connectivity index (χ3n) is 5.33. The number of nitrogens with one attached hydrogen (secondary N) is 1. The Morgan fingerprint density at radius 3 is 2.80 bits per heavy atom. The van der Waals surface area contributed by atoms with Crippen molar-refractivity contribution in [3.63, 3.8) is 0 Å². The molecule has 0 bridgehead atoms. The van der Waals surface area contributed by atoms with E-state index in [1.807, 2.05) is 0 Å². The highest BCUT2D eigenvalue weighted by Crippen LogP contribution is 2.37. The van der Waals surface area contributed by atoms with E-state index in [9.17, 15) is 0 Å². The molecule has 2 aromatic heterocycles. The van der Waals surface area contributed by atoms with E-state index in [-0.39, 0.29) is 6.04 Å². The fraction of sp³-hybridized carbons (Fsp3) is 0.286. The van der Waals surface area contributed by atoms with E-state index in [0.717, 1.165) is 41.2 Å². The third-order valence-corrected chi connectivity index (χ3v) is 5.33. The number of imidazole rings is 1. The smallest absolute Gasteiger partial charge is 0.134 e. The Morgan fingerprint density at radius 2 is 1.92 bits per heavy atom. The second-order valence-electron chi connectivity index (χ2n) is 7.28. The number of rotatable bonds is 1. The Balaban J connectivity index is 1.60. The molecular weight excluding hydrogens is 310 g/mol. The molecule has 0 spiro atoms. The van der Waals surface area contributed by atoms with E-state index in [0.29, 0.717) is 0 Å². The average Bonchev–Trinajstić information content (AvgIpc) is 3.13. The zero-order chi connectivity index (χ0) is 17.1. The molecule has 4 aromatic rings. The van der Waals surface area contributed by atoms with Gasteiger partial charge in [-0.3, -0.25) is 4.90 Å². The normalized spacial score (nSPS) is 18.1. The van der Waals surface area contributed by atoms with Gasteiger partial charge in [0.25, 0.3) is 0 Å². The number of aromatic nitrogens is 2. The minimum absolute atomic E-state index is 0.238. The molecule has 1 atom stereocenters. The van der Waals surface area contributed by atoms with Crippen LogP contribution < -0.4 is 0 Å². The molecule has 0 saturated carbocycles. The molecule has 5 rings (SSSR count). The summed E-state index contributed by atoms with van der Waals surface area (Å²) in [6.07, 6.45) is 0.917. The average molecular weight is 331 g/mol. The molecule has 25 heavy (non-hydrogen) atoms. The number of aryl methyl sites for hydroxylation is 2. The lowest BCUT2D eigenvalue weighted by Gasteiger charge is -2.30. The van der Waals surface area contributed by atoms with Gasteiger partial charge in [0.05, 0.1) is 23.6 Å². The van der Waals surface area contributed by atoms with E-state index in [1.54, 1.807) is 0 Å². The summed E-state index contributed by atoms with van der Waals surface area (Å²) >= 11 is 0. The van der Waals surface area contributed by atoms with Crippen LogP contribution in [0, 0.1) is 13.8 Å². The first-order chi connectivity index (χ1) is 12.1. The van der Waals surface area contributed by atoms with Gasteiger partial charge in [0.15, 0.2) is 0 Å².